The Balaban J connectivity index is 1.47. The molecule has 3 rings (SSSR count). The van der Waals surface area contributed by atoms with E-state index in [4.69, 9.17) is 4.42 Å². The van der Waals surface area contributed by atoms with Crippen molar-refractivity contribution in [1.82, 2.24) is 14.9 Å². The van der Waals surface area contributed by atoms with Crippen LogP contribution in [0.25, 0.3) is 0 Å². The van der Waals surface area contributed by atoms with Gasteiger partial charge in [0.05, 0.1) is 12.7 Å². The van der Waals surface area contributed by atoms with Gasteiger partial charge in [-0.3, -0.25) is 4.90 Å². The zero-order chi connectivity index (χ0) is 17.2. The van der Waals surface area contributed by atoms with Crippen LogP contribution in [0, 0.1) is 12.8 Å². The minimum absolute atomic E-state index is 0.0176. The van der Waals surface area contributed by atoms with Crippen LogP contribution in [0.3, 0.4) is 0 Å². The molecule has 0 unspecified atom stereocenters. The SMILES string of the molecule is Cc1ccc(NC[C@H]2CCN(Cc3ncc(C(C)(C)C)o3)C2)nc1. The molecule has 3 heterocycles. The highest BCUT2D eigenvalue weighted by molar-refractivity contribution is 5.35. The zero-order valence-electron chi connectivity index (χ0n) is 15.2. The number of rotatable bonds is 5. The highest BCUT2D eigenvalue weighted by atomic mass is 16.4. The average molecular weight is 328 g/mol. The van der Waals surface area contributed by atoms with Crippen molar-refractivity contribution in [3.63, 3.8) is 0 Å². The third-order valence-corrected chi connectivity index (χ3v) is 4.50. The molecule has 0 spiro atoms. The Bertz CT molecular complexity index is 657. The Morgan fingerprint density at radius 2 is 2.08 bits per heavy atom. The topological polar surface area (TPSA) is 54.2 Å². The maximum absolute atomic E-state index is 5.91. The number of likely N-dealkylation sites (tertiary alicyclic amines) is 1. The fraction of sp³-hybridized carbons (Fsp3) is 0.579. The van der Waals surface area contributed by atoms with Gasteiger partial charge in [0, 0.05) is 24.7 Å². The maximum atomic E-state index is 5.91. The van der Waals surface area contributed by atoms with Crippen molar-refractivity contribution in [2.75, 3.05) is 25.0 Å². The van der Waals surface area contributed by atoms with Gasteiger partial charge in [-0.1, -0.05) is 26.8 Å². The zero-order valence-corrected chi connectivity index (χ0v) is 15.2. The van der Waals surface area contributed by atoms with Crippen molar-refractivity contribution in [3.05, 3.63) is 41.7 Å². The predicted octanol–water partition coefficient (Wildman–Crippen LogP) is 3.61. The summed E-state index contributed by atoms with van der Waals surface area (Å²) in [5.74, 6) is 3.39. The van der Waals surface area contributed by atoms with E-state index in [2.05, 4.69) is 53.9 Å². The first-order chi connectivity index (χ1) is 11.4. The van der Waals surface area contributed by atoms with Crippen molar-refractivity contribution in [1.29, 1.82) is 0 Å². The van der Waals surface area contributed by atoms with Crippen LogP contribution in [0.1, 0.15) is 44.4 Å². The van der Waals surface area contributed by atoms with Gasteiger partial charge in [0.25, 0.3) is 0 Å². The summed E-state index contributed by atoms with van der Waals surface area (Å²) in [6, 6.07) is 4.13. The highest BCUT2D eigenvalue weighted by Gasteiger charge is 2.25. The van der Waals surface area contributed by atoms with Crippen molar-refractivity contribution in [2.24, 2.45) is 5.92 Å². The monoisotopic (exact) mass is 328 g/mol. The van der Waals surface area contributed by atoms with Crippen LogP contribution in [0.4, 0.5) is 5.82 Å². The normalized spacial score (nSPS) is 18.9. The third-order valence-electron chi connectivity index (χ3n) is 4.50. The molecule has 1 N–H and O–H groups in total. The smallest absolute Gasteiger partial charge is 0.208 e. The lowest BCUT2D eigenvalue weighted by atomic mass is 9.94. The fourth-order valence-electron chi connectivity index (χ4n) is 2.97. The predicted molar refractivity (Wildman–Crippen MR) is 96.1 cm³/mol. The Morgan fingerprint density at radius 3 is 2.75 bits per heavy atom. The Hall–Kier alpha value is -1.88. The van der Waals surface area contributed by atoms with Crippen LogP contribution in [-0.2, 0) is 12.0 Å². The average Bonchev–Trinajstić information content (AvgIpc) is 3.16. The minimum Gasteiger partial charge on any atom is -0.444 e. The molecular weight excluding hydrogens is 300 g/mol. The number of hydrogen-bond donors (Lipinski definition) is 1. The van der Waals surface area contributed by atoms with E-state index in [1.165, 1.54) is 12.0 Å². The van der Waals surface area contributed by atoms with Crippen LogP contribution in [-0.4, -0.2) is 34.5 Å². The number of nitrogens with zero attached hydrogens (tertiary/aromatic N) is 3. The maximum Gasteiger partial charge on any atom is 0.208 e. The van der Waals surface area contributed by atoms with Crippen LogP contribution in [0.5, 0.6) is 0 Å². The Kier molecular flexibility index (Phi) is 4.90. The lowest BCUT2D eigenvalue weighted by molar-refractivity contribution is 0.270. The van der Waals surface area contributed by atoms with Gasteiger partial charge in [-0.2, -0.15) is 0 Å². The van der Waals surface area contributed by atoms with E-state index in [-0.39, 0.29) is 5.41 Å². The summed E-state index contributed by atoms with van der Waals surface area (Å²) < 4.78 is 5.91. The Morgan fingerprint density at radius 1 is 1.25 bits per heavy atom. The third kappa shape index (κ3) is 4.35. The van der Waals surface area contributed by atoms with E-state index < -0.39 is 0 Å². The first-order valence-corrected chi connectivity index (χ1v) is 8.74. The van der Waals surface area contributed by atoms with Gasteiger partial charge in [-0.25, -0.2) is 9.97 Å². The first-order valence-electron chi connectivity index (χ1n) is 8.74. The molecule has 1 aliphatic rings. The molecule has 0 aliphatic carbocycles. The molecule has 24 heavy (non-hydrogen) atoms. The second kappa shape index (κ2) is 6.93. The van der Waals surface area contributed by atoms with E-state index in [0.717, 1.165) is 43.6 Å². The summed E-state index contributed by atoms with van der Waals surface area (Å²) in [6.45, 7) is 12.4. The summed E-state index contributed by atoms with van der Waals surface area (Å²) in [5.41, 5.74) is 1.21. The highest BCUT2D eigenvalue weighted by Crippen LogP contribution is 2.24. The van der Waals surface area contributed by atoms with E-state index in [1.54, 1.807) is 0 Å². The molecule has 0 amide bonds. The second-order valence-corrected chi connectivity index (χ2v) is 7.86. The largest absolute Gasteiger partial charge is 0.444 e. The number of nitrogens with one attached hydrogen (secondary N) is 1. The van der Waals surface area contributed by atoms with Crippen molar-refractivity contribution in [3.8, 4) is 0 Å². The van der Waals surface area contributed by atoms with Crippen LogP contribution in [0.2, 0.25) is 0 Å². The number of aromatic nitrogens is 2. The second-order valence-electron chi connectivity index (χ2n) is 7.86. The molecule has 1 fully saturated rings. The number of oxazole rings is 1. The molecular formula is C19H28N4O. The van der Waals surface area contributed by atoms with Gasteiger partial charge in [0.1, 0.15) is 11.6 Å². The summed E-state index contributed by atoms with van der Waals surface area (Å²) in [5, 5.41) is 3.45. The lowest BCUT2D eigenvalue weighted by Gasteiger charge is -2.16. The van der Waals surface area contributed by atoms with E-state index in [1.807, 2.05) is 18.5 Å². The number of anilines is 1. The lowest BCUT2D eigenvalue weighted by Crippen LogP contribution is -2.23. The first kappa shape index (κ1) is 17.0. The molecule has 0 radical (unpaired) electrons. The molecule has 2 aromatic rings. The summed E-state index contributed by atoms with van der Waals surface area (Å²) >= 11 is 0. The van der Waals surface area contributed by atoms with Gasteiger partial charge in [0.2, 0.25) is 5.89 Å². The molecule has 2 aromatic heterocycles. The quantitative estimate of drug-likeness (QED) is 0.908. The van der Waals surface area contributed by atoms with E-state index >= 15 is 0 Å². The van der Waals surface area contributed by atoms with Gasteiger partial charge in [-0.05, 0) is 37.4 Å². The molecule has 5 heteroatoms. The number of aryl methyl sites for hydroxylation is 1. The molecule has 1 atom stereocenters. The molecule has 0 saturated carbocycles. The van der Waals surface area contributed by atoms with Crippen LogP contribution in [0.15, 0.2) is 28.9 Å². The van der Waals surface area contributed by atoms with Gasteiger partial charge < -0.3 is 9.73 Å². The molecule has 0 bridgehead atoms. The van der Waals surface area contributed by atoms with Crippen LogP contribution >= 0.6 is 0 Å². The molecule has 130 valence electrons. The fourth-order valence-corrected chi connectivity index (χ4v) is 2.97. The van der Waals surface area contributed by atoms with E-state index in [9.17, 15) is 0 Å². The summed E-state index contributed by atoms with van der Waals surface area (Å²) in [6.07, 6.45) is 4.97. The summed E-state index contributed by atoms with van der Waals surface area (Å²) in [7, 11) is 0. The molecule has 1 aliphatic heterocycles. The Labute approximate surface area is 144 Å². The number of hydrogen-bond acceptors (Lipinski definition) is 5. The van der Waals surface area contributed by atoms with Crippen LogP contribution < -0.4 is 5.32 Å². The van der Waals surface area contributed by atoms with E-state index in [0.29, 0.717) is 5.92 Å². The standard InChI is InChI=1S/C19H28N4O/c1-14-5-6-17(20-9-14)21-10-15-7-8-23(12-15)13-18-22-11-16(24-18)19(2,3)4/h5-6,9,11,15H,7-8,10,12-13H2,1-4H3,(H,20,21)/t15-/m1/s1. The van der Waals surface area contributed by atoms with Crippen molar-refractivity contribution >= 4 is 5.82 Å². The summed E-state index contributed by atoms with van der Waals surface area (Å²) in [4.78, 5) is 11.3. The molecule has 0 aromatic carbocycles. The van der Waals surface area contributed by atoms with Gasteiger partial charge >= 0.3 is 0 Å². The van der Waals surface area contributed by atoms with Crippen molar-refractivity contribution in [2.45, 2.75) is 46.1 Å². The molecule has 5 nitrogen and oxygen atoms in total. The number of pyridine rings is 1. The van der Waals surface area contributed by atoms with Crippen molar-refractivity contribution < 1.29 is 4.42 Å². The van der Waals surface area contributed by atoms with Gasteiger partial charge in [-0.15, -0.1) is 0 Å². The minimum atomic E-state index is 0.0176. The van der Waals surface area contributed by atoms with Gasteiger partial charge in [0.15, 0.2) is 0 Å². The molecule has 1 saturated heterocycles.